The van der Waals surface area contributed by atoms with E-state index in [2.05, 4.69) is 62.6 Å². The maximum Gasteiger partial charge on any atom is 0.0187 e. The Balaban J connectivity index is 2.55. The van der Waals surface area contributed by atoms with Gasteiger partial charge < -0.3 is 0 Å². The van der Waals surface area contributed by atoms with Gasteiger partial charge in [-0.2, -0.15) is 11.8 Å². The third kappa shape index (κ3) is 2.78. The molecule has 0 nitrogen and oxygen atoms in total. The Morgan fingerprint density at radius 1 is 1.06 bits per heavy atom. The summed E-state index contributed by atoms with van der Waals surface area (Å²) in [6.45, 7) is 4.46. The van der Waals surface area contributed by atoms with Gasteiger partial charge in [0.25, 0.3) is 0 Å². The molecule has 0 spiro atoms. The highest BCUT2D eigenvalue weighted by Crippen LogP contribution is 2.32. The third-order valence-corrected chi connectivity index (χ3v) is 3.67. The van der Waals surface area contributed by atoms with Crippen molar-refractivity contribution in [2.24, 2.45) is 0 Å². The third-order valence-electron chi connectivity index (χ3n) is 3.07. The van der Waals surface area contributed by atoms with Crippen LogP contribution >= 0.6 is 11.8 Å². The Labute approximate surface area is 114 Å². The summed E-state index contributed by atoms with van der Waals surface area (Å²) in [5.74, 6) is 1.56. The normalized spacial score (nSPS) is 10.9. The van der Waals surface area contributed by atoms with Gasteiger partial charge in [-0.1, -0.05) is 56.3 Å². The van der Waals surface area contributed by atoms with Crippen LogP contribution in [0.15, 0.2) is 42.5 Å². The van der Waals surface area contributed by atoms with Gasteiger partial charge >= 0.3 is 0 Å². The van der Waals surface area contributed by atoms with Gasteiger partial charge in [0.2, 0.25) is 0 Å². The van der Waals surface area contributed by atoms with E-state index in [1.54, 1.807) is 0 Å². The molecule has 0 aliphatic rings. The second-order valence-electron chi connectivity index (χ2n) is 4.74. The average Bonchev–Trinajstić information content (AvgIpc) is 2.40. The zero-order chi connectivity index (χ0) is 13.0. The van der Waals surface area contributed by atoms with Crippen LogP contribution in [0.3, 0.4) is 0 Å². The van der Waals surface area contributed by atoms with Gasteiger partial charge in [0.1, 0.15) is 0 Å². The lowest BCUT2D eigenvalue weighted by Gasteiger charge is -2.15. The van der Waals surface area contributed by atoms with Gasteiger partial charge in [0, 0.05) is 5.75 Å². The molecular weight excluding hydrogens is 236 g/mol. The molecule has 18 heavy (non-hydrogen) atoms. The predicted octanol–water partition coefficient (Wildman–Crippen LogP) is 5.14. The largest absolute Gasteiger partial charge is 0.161 e. The van der Waals surface area contributed by atoms with E-state index in [4.69, 9.17) is 0 Å². The molecule has 1 heteroatoms. The van der Waals surface area contributed by atoms with Crippen molar-refractivity contribution in [3.8, 4) is 11.1 Å². The Morgan fingerprint density at radius 2 is 1.78 bits per heavy atom. The number of hydrogen-bond donors (Lipinski definition) is 0. The van der Waals surface area contributed by atoms with Crippen LogP contribution in [-0.2, 0) is 5.75 Å². The van der Waals surface area contributed by atoms with Crippen LogP contribution in [0.5, 0.6) is 0 Å². The van der Waals surface area contributed by atoms with Gasteiger partial charge in [-0.15, -0.1) is 0 Å². The summed E-state index contributed by atoms with van der Waals surface area (Å²) in [6, 6.07) is 18.4. The minimum absolute atomic E-state index is 0.503. The van der Waals surface area contributed by atoms with Crippen molar-refractivity contribution in [1.29, 1.82) is 0 Å². The molecule has 0 atom stereocenters. The quantitative estimate of drug-likeness (QED) is 0.729. The van der Waals surface area contributed by atoms with E-state index in [9.17, 15) is 0 Å². The first kappa shape index (κ1) is 13.2. The highest BCUT2D eigenvalue weighted by Gasteiger charge is 2.10. The number of thioether (sulfide) groups is 1. The molecule has 0 fully saturated rings. The monoisotopic (exact) mass is 255 g/mol. The molecule has 0 saturated heterocycles. The molecule has 2 aromatic rings. The highest BCUT2D eigenvalue weighted by atomic mass is 32.2. The second kappa shape index (κ2) is 6.10. The molecule has 0 saturated carbocycles. The predicted molar refractivity (Wildman–Crippen MR) is 82.0 cm³/mol. The fourth-order valence-corrected chi connectivity index (χ4v) is 2.79. The molecule has 0 unspecified atom stereocenters. The van der Waals surface area contributed by atoms with Crippen LogP contribution in [0.25, 0.3) is 11.1 Å². The van der Waals surface area contributed by atoms with Gasteiger partial charge in [-0.05, 0) is 40.5 Å². The summed E-state index contributed by atoms with van der Waals surface area (Å²) in [4.78, 5) is 0. The first-order chi connectivity index (χ1) is 8.74. The van der Waals surface area contributed by atoms with Crippen molar-refractivity contribution in [3.05, 3.63) is 59.7 Å². The van der Waals surface area contributed by atoms with E-state index in [-0.39, 0.29) is 0 Å². The molecule has 1 radical (unpaired) electrons. The van der Waals surface area contributed by atoms with E-state index in [0.29, 0.717) is 5.92 Å². The second-order valence-corrected chi connectivity index (χ2v) is 5.61. The van der Waals surface area contributed by atoms with Crippen LogP contribution in [0, 0.1) is 6.07 Å². The molecule has 93 valence electrons. The Morgan fingerprint density at radius 3 is 2.50 bits per heavy atom. The van der Waals surface area contributed by atoms with Crippen LogP contribution < -0.4 is 0 Å². The molecule has 0 heterocycles. The van der Waals surface area contributed by atoms with Crippen LogP contribution in [0.1, 0.15) is 30.9 Å². The van der Waals surface area contributed by atoms with Crippen LogP contribution in [0.2, 0.25) is 0 Å². The number of rotatable bonds is 4. The van der Waals surface area contributed by atoms with Crippen LogP contribution in [0.4, 0.5) is 0 Å². The van der Waals surface area contributed by atoms with Gasteiger partial charge in [0.05, 0.1) is 0 Å². The first-order valence-corrected chi connectivity index (χ1v) is 7.71. The number of benzene rings is 2. The Kier molecular flexibility index (Phi) is 4.48. The van der Waals surface area contributed by atoms with Crippen molar-refractivity contribution in [2.45, 2.75) is 25.5 Å². The van der Waals surface area contributed by atoms with Crippen molar-refractivity contribution in [1.82, 2.24) is 0 Å². The molecule has 0 amide bonds. The summed E-state index contributed by atoms with van der Waals surface area (Å²) in [5, 5.41) is 0. The average molecular weight is 255 g/mol. The van der Waals surface area contributed by atoms with Gasteiger partial charge in [-0.25, -0.2) is 0 Å². The topological polar surface area (TPSA) is 0 Å². The van der Waals surface area contributed by atoms with Crippen molar-refractivity contribution < 1.29 is 0 Å². The van der Waals surface area contributed by atoms with E-state index < -0.39 is 0 Å². The lowest BCUT2D eigenvalue weighted by molar-refractivity contribution is 0.867. The van der Waals surface area contributed by atoms with Gasteiger partial charge in [0.15, 0.2) is 0 Å². The standard InChI is InChI=1S/C17H19S/c1-13(2)15-9-6-7-11-17(15)16-10-5-4-8-14(16)12-18-3/h4-8,10-11,13H,12H2,1-3H3. The summed E-state index contributed by atoms with van der Waals surface area (Å²) < 4.78 is 0. The van der Waals surface area contributed by atoms with Crippen LogP contribution in [-0.4, -0.2) is 6.26 Å². The minimum Gasteiger partial charge on any atom is -0.161 e. The molecule has 0 aromatic heterocycles. The summed E-state index contributed by atoms with van der Waals surface area (Å²) in [5.41, 5.74) is 5.40. The molecule has 0 aliphatic heterocycles. The summed E-state index contributed by atoms with van der Waals surface area (Å²) in [6.07, 6.45) is 2.15. The van der Waals surface area contributed by atoms with E-state index in [1.807, 2.05) is 17.8 Å². The maximum atomic E-state index is 3.40. The maximum absolute atomic E-state index is 3.40. The first-order valence-electron chi connectivity index (χ1n) is 6.32. The fraction of sp³-hybridized carbons (Fsp3) is 0.294. The molecular formula is C17H19S. The van der Waals surface area contributed by atoms with Crippen molar-refractivity contribution >= 4 is 11.8 Å². The molecule has 0 bridgehead atoms. The highest BCUT2D eigenvalue weighted by molar-refractivity contribution is 7.97. The molecule has 2 aromatic carbocycles. The van der Waals surface area contributed by atoms with E-state index in [0.717, 1.165) is 5.75 Å². The minimum atomic E-state index is 0.503. The zero-order valence-electron chi connectivity index (χ0n) is 11.2. The Bertz CT molecular complexity index is 515. The van der Waals surface area contributed by atoms with E-state index in [1.165, 1.54) is 22.3 Å². The molecule has 0 N–H and O–H groups in total. The fourth-order valence-electron chi connectivity index (χ4n) is 2.23. The Hall–Kier alpha value is -1.21. The van der Waals surface area contributed by atoms with Crippen molar-refractivity contribution in [3.63, 3.8) is 0 Å². The lowest BCUT2D eigenvalue weighted by Crippen LogP contribution is -1.95. The number of hydrogen-bond acceptors (Lipinski definition) is 1. The lowest BCUT2D eigenvalue weighted by atomic mass is 9.91. The molecule has 2 rings (SSSR count). The zero-order valence-corrected chi connectivity index (χ0v) is 12.1. The van der Waals surface area contributed by atoms with Gasteiger partial charge in [-0.3, -0.25) is 0 Å². The smallest absolute Gasteiger partial charge is 0.0187 e. The summed E-state index contributed by atoms with van der Waals surface area (Å²) >= 11 is 1.87. The van der Waals surface area contributed by atoms with E-state index >= 15 is 0 Å². The van der Waals surface area contributed by atoms with Crippen molar-refractivity contribution in [2.75, 3.05) is 6.26 Å². The SMILES string of the molecule is CSCc1ccccc1-c1ccc[c]c1C(C)C. The summed E-state index contributed by atoms with van der Waals surface area (Å²) in [7, 11) is 0. The molecule has 0 aliphatic carbocycles.